The van der Waals surface area contributed by atoms with E-state index in [0.29, 0.717) is 19.6 Å². The largest absolute Gasteiger partial charge is 0.464 e. The van der Waals surface area contributed by atoms with E-state index < -0.39 is 17.2 Å². The maximum atomic E-state index is 12.4. The molecule has 0 aromatic heterocycles. The Morgan fingerprint density at radius 3 is 2.40 bits per heavy atom. The van der Waals surface area contributed by atoms with Gasteiger partial charge in [0.1, 0.15) is 11.1 Å². The van der Waals surface area contributed by atoms with E-state index in [1.807, 2.05) is 20.8 Å². The Hall–Kier alpha value is -1.26. The molecule has 1 amide bonds. The molecule has 5 heteroatoms. The topological polar surface area (TPSA) is 55.8 Å². The molecule has 1 aliphatic heterocycles. The molecule has 0 N–H and O–H groups in total. The quantitative estimate of drug-likeness (QED) is 0.731. The number of hydrogen-bond donors (Lipinski definition) is 0. The van der Waals surface area contributed by atoms with Gasteiger partial charge < -0.3 is 9.47 Å². The van der Waals surface area contributed by atoms with Gasteiger partial charge in [0.05, 0.1) is 6.61 Å². The standard InChI is InChI=1S/C15H27NO4/c1-6-19-12(17)15(5)10-8-7-9-11-16(15)13(18)20-14(2,3)4/h6-11H2,1-5H3/t15-/m0/s1. The van der Waals surface area contributed by atoms with Crippen molar-refractivity contribution in [1.82, 2.24) is 4.90 Å². The van der Waals surface area contributed by atoms with Crippen LogP contribution in [0.15, 0.2) is 0 Å². The lowest BCUT2D eigenvalue weighted by molar-refractivity contribution is -0.156. The van der Waals surface area contributed by atoms with Crippen molar-refractivity contribution in [3.63, 3.8) is 0 Å². The van der Waals surface area contributed by atoms with Gasteiger partial charge in [-0.3, -0.25) is 4.90 Å². The number of hydrogen-bond acceptors (Lipinski definition) is 4. The van der Waals surface area contributed by atoms with Gasteiger partial charge in [0.15, 0.2) is 0 Å². The third-order valence-corrected chi connectivity index (χ3v) is 3.47. The zero-order valence-electron chi connectivity index (χ0n) is 13.3. The van der Waals surface area contributed by atoms with Crippen molar-refractivity contribution >= 4 is 12.1 Å². The molecule has 0 spiro atoms. The van der Waals surface area contributed by atoms with Crippen LogP contribution in [0.4, 0.5) is 4.79 Å². The number of esters is 1. The van der Waals surface area contributed by atoms with Crippen molar-refractivity contribution in [3.05, 3.63) is 0 Å². The molecule has 1 saturated heterocycles. The summed E-state index contributed by atoms with van der Waals surface area (Å²) in [5, 5.41) is 0. The van der Waals surface area contributed by atoms with Crippen molar-refractivity contribution in [1.29, 1.82) is 0 Å². The Kier molecular flexibility index (Phi) is 5.42. The Labute approximate surface area is 121 Å². The Morgan fingerprint density at radius 1 is 1.20 bits per heavy atom. The number of carbonyl (C=O) groups is 2. The minimum atomic E-state index is -0.922. The van der Waals surface area contributed by atoms with Gasteiger partial charge in [-0.15, -0.1) is 0 Å². The molecule has 20 heavy (non-hydrogen) atoms. The van der Waals surface area contributed by atoms with Crippen LogP contribution in [-0.2, 0) is 14.3 Å². The fraction of sp³-hybridized carbons (Fsp3) is 0.867. The molecule has 0 bridgehead atoms. The number of carbonyl (C=O) groups excluding carboxylic acids is 2. The molecule has 0 aromatic rings. The number of nitrogens with zero attached hydrogens (tertiary/aromatic N) is 1. The normalized spacial score (nSPS) is 23.9. The van der Waals surface area contributed by atoms with Gasteiger partial charge in [-0.25, -0.2) is 9.59 Å². The first-order chi connectivity index (χ1) is 9.20. The van der Waals surface area contributed by atoms with Crippen LogP contribution in [0.5, 0.6) is 0 Å². The Bertz CT molecular complexity index is 361. The van der Waals surface area contributed by atoms with E-state index in [4.69, 9.17) is 9.47 Å². The Balaban J connectivity index is 2.96. The number of amides is 1. The second-order valence-electron chi connectivity index (χ2n) is 6.44. The van der Waals surface area contributed by atoms with Crippen molar-refractivity contribution in [2.75, 3.05) is 13.2 Å². The van der Waals surface area contributed by atoms with Crippen LogP contribution in [0.3, 0.4) is 0 Å². The lowest BCUT2D eigenvalue weighted by Crippen LogP contribution is -2.56. The third kappa shape index (κ3) is 4.12. The maximum Gasteiger partial charge on any atom is 0.411 e. The van der Waals surface area contributed by atoms with Gasteiger partial charge in [-0.1, -0.05) is 12.8 Å². The summed E-state index contributed by atoms with van der Waals surface area (Å²) in [6.45, 7) is 9.87. The summed E-state index contributed by atoms with van der Waals surface area (Å²) in [6.07, 6.45) is 2.98. The van der Waals surface area contributed by atoms with Crippen LogP contribution in [0, 0.1) is 0 Å². The lowest BCUT2D eigenvalue weighted by Gasteiger charge is -2.38. The zero-order chi connectivity index (χ0) is 15.4. The minimum absolute atomic E-state index is 0.316. The summed E-state index contributed by atoms with van der Waals surface area (Å²) in [6, 6.07) is 0. The molecule has 0 saturated carbocycles. The fourth-order valence-electron chi connectivity index (χ4n) is 2.41. The molecule has 1 atom stereocenters. The smallest absolute Gasteiger partial charge is 0.411 e. The first kappa shape index (κ1) is 16.8. The van der Waals surface area contributed by atoms with Gasteiger partial charge in [0.25, 0.3) is 0 Å². The molecule has 1 aliphatic rings. The van der Waals surface area contributed by atoms with Gasteiger partial charge >= 0.3 is 12.1 Å². The summed E-state index contributed by atoms with van der Waals surface area (Å²) in [5.41, 5.74) is -1.49. The molecule has 0 radical (unpaired) electrons. The highest BCUT2D eigenvalue weighted by Crippen LogP contribution is 2.30. The molecule has 116 valence electrons. The highest BCUT2D eigenvalue weighted by Gasteiger charge is 2.45. The predicted molar refractivity (Wildman–Crippen MR) is 76.4 cm³/mol. The van der Waals surface area contributed by atoms with E-state index in [1.165, 1.54) is 0 Å². The highest BCUT2D eigenvalue weighted by molar-refractivity contribution is 5.85. The minimum Gasteiger partial charge on any atom is -0.464 e. The molecular formula is C15H27NO4. The van der Waals surface area contributed by atoms with E-state index in [-0.39, 0.29) is 5.97 Å². The first-order valence-electron chi connectivity index (χ1n) is 7.38. The SMILES string of the molecule is CCOC(=O)[C@]1(C)CCCCCN1C(=O)OC(C)(C)C. The average Bonchev–Trinajstić information content (AvgIpc) is 2.50. The van der Waals surface area contributed by atoms with E-state index in [1.54, 1.807) is 18.7 Å². The summed E-state index contributed by atoms with van der Waals surface area (Å²) in [7, 11) is 0. The van der Waals surface area contributed by atoms with Crippen LogP contribution in [0.1, 0.15) is 60.3 Å². The molecule has 1 rings (SSSR count). The first-order valence-corrected chi connectivity index (χ1v) is 7.38. The number of likely N-dealkylation sites (tertiary alicyclic amines) is 1. The zero-order valence-corrected chi connectivity index (χ0v) is 13.3. The second-order valence-corrected chi connectivity index (χ2v) is 6.44. The summed E-state index contributed by atoms with van der Waals surface area (Å²) in [5.74, 6) is -0.340. The van der Waals surface area contributed by atoms with Gasteiger partial charge in [-0.2, -0.15) is 0 Å². The summed E-state index contributed by atoms with van der Waals surface area (Å²) >= 11 is 0. The molecule has 1 fully saturated rings. The van der Waals surface area contributed by atoms with Crippen LogP contribution in [0.2, 0.25) is 0 Å². The average molecular weight is 285 g/mol. The summed E-state index contributed by atoms with van der Waals surface area (Å²) < 4.78 is 10.6. The monoisotopic (exact) mass is 285 g/mol. The molecule has 5 nitrogen and oxygen atoms in total. The van der Waals surface area contributed by atoms with Gasteiger partial charge in [-0.05, 0) is 47.5 Å². The third-order valence-electron chi connectivity index (χ3n) is 3.47. The number of rotatable bonds is 2. The van der Waals surface area contributed by atoms with Crippen LogP contribution >= 0.6 is 0 Å². The van der Waals surface area contributed by atoms with Crippen LogP contribution in [-0.4, -0.2) is 41.3 Å². The van der Waals surface area contributed by atoms with E-state index >= 15 is 0 Å². The molecule has 0 unspecified atom stereocenters. The summed E-state index contributed by atoms with van der Waals surface area (Å²) in [4.78, 5) is 26.2. The maximum absolute atomic E-state index is 12.4. The van der Waals surface area contributed by atoms with Gasteiger partial charge in [0.2, 0.25) is 0 Å². The van der Waals surface area contributed by atoms with E-state index in [0.717, 1.165) is 19.3 Å². The van der Waals surface area contributed by atoms with Crippen molar-refractivity contribution in [2.45, 2.75) is 71.4 Å². The second kappa shape index (κ2) is 6.46. The highest BCUT2D eigenvalue weighted by atomic mass is 16.6. The van der Waals surface area contributed by atoms with Crippen molar-refractivity contribution in [2.24, 2.45) is 0 Å². The van der Waals surface area contributed by atoms with Gasteiger partial charge in [0, 0.05) is 6.54 Å². The Morgan fingerprint density at radius 2 is 1.85 bits per heavy atom. The van der Waals surface area contributed by atoms with E-state index in [9.17, 15) is 9.59 Å². The predicted octanol–water partition coefficient (Wildman–Crippen LogP) is 3.12. The molecular weight excluding hydrogens is 258 g/mol. The molecule has 0 aromatic carbocycles. The molecule has 0 aliphatic carbocycles. The van der Waals surface area contributed by atoms with Crippen molar-refractivity contribution < 1.29 is 19.1 Å². The fourth-order valence-corrected chi connectivity index (χ4v) is 2.41. The van der Waals surface area contributed by atoms with E-state index in [2.05, 4.69) is 0 Å². The lowest BCUT2D eigenvalue weighted by atomic mass is 9.94. The number of ether oxygens (including phenoxy) is 2. The van der Waals surface area contributed by atoms with Crippen LogP contribution < -0.4 is 0 Å². The molecule has 1 heterocycles. The van der Waals surface area contributed by atoms with Crippen molar-refractivity contribution in [3.8, 4) is 0 Å². The van der Waals surface area contributed by atoms with Crippen LogP contribution in [0.25, 0.3) is 0 Å².